The molecule has 0 amide bonds. The van der Waals surface area contributed by atoms with E-state index < -0.39 is 0 Å². The molecule has 0 fully saturated rings. The van der Waals surface area contributed by atoms with E-state index in [-0.39, 0.29) is 0 Å². The Balaban J connectivity index is 2.32. The van der Waals surface area contributed by atoms with Crippen LogP contribution in [-0.4, -0.2) is 0 Å². The van der Waals surface area contributed by atoms with Crippen LogP contribution in [0.25, 0.3) is 0 Å². The summed E-state index contributed by atoms with van der Waals surface area (Å²) in [5.41, 5.74) is 3.98. The van der Waals surface area contributed by atoms with Gasteiger partial charge < -0.3 is 5.21 Å². The molecular formula is C18H22BrNOS. The van der Waals surface area contributed by atoms with E-state index in [1.165, 1.54) is 21.2 Å². The molecule has 2 aromatic rings. The van der Waals surface area contributed by atoms with Crippen molar-refractivity contribution in [2.24, 2.45) is 0 Å². The van der Waals surface area contributed by atoms with Crippen LogP contribution in [0.1, 0.15) is 56.2 Å². The van der Waals surface area contributed by atoms with E-state index >= 15 is 0 Å². The first-order valence-electron chi connectivity index (χ1n) is 7.53. The normalized spacial score (nSPS) is 11.4. The molecule has 2 nitrogen and oxygen atoms in total. The van der Waals surface area contributed by atoms with Crippen LogP contribution in [0.4, 0.5) is 0 Å². The van der Waals surface area contributed by atoms with Gasteiger partial charge in [0.05, 0.1) is 0 Å². The SMILES string of the molecule is CC(C)c1cc(CSc2cccc[n+]2[O-])c(C(C)C)cc1Br. The molecule has 0 radical (unpaired) electrons. The van der Waals surface area contributed by atoms with Crippen molar-refractivity contribution in [2.75, 3.05) is 0 Å². The minimum Gasteiger partial charge on any atom is -0.618 e. The summed E-state index contributed by atoms with van der Waals surface area (Å²) in [6, 6.07) is 10.1. The summed E-state index contributed by atoms with van der Waals surface area (Å²) in [7, 11) is 0. The third kappa shape index (κ3) is 4.05. The second-order valence-electron chi connectivity index (χ2n) is 6.04. The molecule has 0 spiro atoms. The first kappa shape index (κ1) is 17.4. The summed E-state index contributed by atoms with van der Waals surface area (Å²) >= 11 is 5.29. The lowest BCUT2D eigenvalue weighted by atomic mass is 9.93. The molecule has 2 rings (SSSR count). The third-order valence-corrected chi connectivity index (χ3v) is 5.42. The minimum absolute atomic E-state index is 0.461. The van der Waals surface area contributed by atoms with Gasteiger partial charge in [-0.2, -0.15) is 4.73 Å². The van der Waals surface area contributed by atoms with Crippen LogP contribution in [0, 0.1) is 5.21 Å². The number of nitrogens with zero attached hydrogens (tertiary/aromatic N) is 1. The van der Waals surface area contributed by atoms with Gasteiger partial charge in [0.25, 0.3) is 5.03 Å². The Morgan fingerprint density at radius 3 is 2.36 bits per heavy atom. The van der Waals surface area contributed by atoms with E-state index in [1.807, 2.05) is 12.1 Å². The van der Waals surface area contributed by atoms with Crippen molar-refractivity contribution in [1.29, 1.82) is 0 Å². The number of thioether (sulfide) groups is 1. The van der Waals surface area contributed by atoms with Crippen molar-refractivity contribution in [2.45, 2.75) is 50.3 Å². The average molecular weight is 380 g/mol. The second-order valence-corrected chi connectivity index (χ2v) is 7.89. The number of hydrogen-bond acceptors (Lipinski definition) is 2. The van der Waals surface area contributed by atoms with Gasteiger partial charge in [-0.15, -0.1) is 0 Å². The van der Waals surface area contributed by atoms with E-state index in [4.69, 9.17) is 0 Å². The van der Waals surface area contributed by atoms with E-state index in [0.29, 0.717) is 11.8 Å². The van der Waals surface area contributed by atoms with E-state index in [1.54, 1.807) is 24.0 Å². The van der Waals surface area contributed by atoms with E-state index in [9.17, 15) is 5.21 Å². The van der Waals surface area contributed by atoms with Crippen molar-refractivity contribution in [1.82, 2.24) is 0 Å². The Morgan fingerprint density at radius 1 is 1.09 bits per heavy atom. The molecule has 0 aliphatic carbocycles. The fourth-order valence-corrected chi connectivity index (χ4v) is 4.17. The summed E-state index contributed by atoms with van der Waals surface area (Å²) < 4.78 is 2.11. The van der Waals surface area contributed by atoms with Crippen molar-refractivity contribution in [3.05, 3.63) is 62.9 Å². The number of hydrogen-bond donors (Lipinski definition) is 0. The maximum atomic E-state index is 11.8. The first-order chi connectivity index (χ1) is 10.4. The molecule has 0 N–H and O–H groups in total. The fourth-order valence-electron chi connectivity index (χ4n) is 2.43. The zero-order chi connectivity index (χ0) is 16.3. The highest BCUT2D eigenvalue weighted by molar-refractivity contribution is 9.10. The molecule has 0 atom stereocenters. The van der Waals surface area contributed by atoms with Crippen LogP contribution < -0.4 is 4.73 Å². The van der Waals surface area contributed by atoms with Crippen molar-refractivity contribution < 1.29 is 4.73 Å². The van der Waals surface area contributed by atoms with Crippen molar-refractivity contribution in [3.8, 4) is 0 Å². The Bertz CT molecular complexity index is 656. The van der Waals surface area contributed by atoms with Gasteiger partial charge in [-0.3, -0.25) is 0 Å². The van der Waals surface area contributed by atoms with E-state index in [0.717, 1.165) is 15.5 Å². The molecule has 0 aliphatic rings. The molecule has 4 heteroatoms. The second kappa shape index (κ2) is 7.51. The fraction of sp³-hybridized carbons (Fsp3) is 0.389. The van der Waals surface area contributed by atoms with Gasteiger partial charge in [-0.05, 0) is 40.7 Å². The van der Waals surface area contributed by atoms with Gasteiger partial charge in [0.2, 0.25) is 0 Å². The Labute approximate surface area is 145 Å². The molecule has 118 valence electrons. The standard InChI is InChI=1S/C18H22BrNOS/c1-12(2)15-10-17(19)16(13(3)4)9-14(15)11-22-18-7-5-6-8-20(18)21/h5-10,12-13H,11H2,1-4H3. The Kier molecular flexibility index (Phi) is 5.93. The lowest BCUT2D eigenvalue weighted by molar-refractivity contribution is -0.645. The summed E-state index contributed by atoms with van der Waals surface area (Å²) in [6.07, 6.45) is 1.55. The Morgan fingerprint density at radius 2 is 1.77 bits per heavy atom. The van der Waals surface area contributed by atoms with Gasteiger partial charge >= 0.3 is 0 Å². The summed E-state index contributed by atoms with van der Waals surface area (Å²) in [5, 5.41) is 12.5. The van der Waals surface area contributed by atoms with Gasteiger partial charge in [0, 0.05) is 22.4 Å². The highest BCUT2D eigenvalue weighted by Crippen LogP contribution is 2.34. The number of benzene rings is 1. The zero-order valence-electron chi connectivity index (χ0n) is 13.5. The predicted molar refractivity (Wildman–Crippen MR) is 97.3 cm³/mol. The lowest BCUT2D eigenvalue weighted by Gasteiger charge is -2.18. The highest BCUT2D eigenvalue weighted by Gasteiger charge is 2.15. The smallest absolute Gasteiger partial charge is 0.251 e. The van der Waals surface area contributed by atoms with E-state index in [2.05, 4.69) is 55.8 Å². The van der Waals surface area contributed by atoms with Crippen molar-refractivity contribution in [3.63, 3.8) is 0 Å². The van der Waals surface area contributed by atoms with Crippen LogP contribution in [0.2, 0.25) is 0 Å². The largest absolute Gasteiger partial charge is 0.618 e. The zero-order valence-corrected chi connectivity index (χ0v) is 15.9. The van der Waals surface area contributed by atoms with Crippen LogP contribution >= 0.6 is 27.7 Å². The molecule has 22 heavy (non-hydrogen) atoms. The molecule has 0 saturated carbocycles. The molecule has 0 unspecified atom stereocenters. The molecule has 1 aromatic heterocycles. The molecule has 1 aromatic carbocycles. The highest BCUT2D eigenvalue weighted by atomic mass is 79.9. The quantitative estimate of drug-likeness (QED) is 0.382. The summed E-state index contributed by atoms with van der Waals surface area (Å²) in [4.78, 5) is 0. The number of pyridine rings is 1. The minimum atomic E-state index is 0.461. The lowest BCUT2D eigenvalue weighted by Crippen LogP contribution is -2.27. The number of rotatable bonds is 5. The monoisotopic (exact) mass is 379 g/mol. The molecule has 0 bridgehead atoms. The number of halogens is 1. The molecule has 0 saturated heterocycles. The van der Waals surface area contributed by atoms with Gasteiger partial charge in [0.1, 0.15) is 0 Å². The van der Waals surface area contributed by atoms with Gasteiger partial charge in [0.15, 0.2) is 6.20 Å². The van der Waals surface area contributed by atoms with Crippen molar-refractivity contribution >= 4 is 27.7 Å². The van der Waals surface area contributed by atoms with Crippen LogP contribution in [0.5, 0.6) is 0 Å². The van der Waals surface area contributed by atoms with Crippen LogP contribution in [0.15, 0.2) is 46.0 Å². The van der Waals surface area contributed by atoms with Gasteiger partial charge in [-0.25, -0.2) is 0 Å². The topological polar surface area (TPSA) is 26.9 Å². The predicted octanol–water partition coefficient (Wildman–Crippen LogP) is 5.62. The maximum Gasteiger partial charge on any atom is 0.251 e. The summed E-state index contributed by atoms with van der Waals surface area (Å²) in [5.74, 6) is 1.75. The molecule has 1 heterocycles. The molecular weight excluding hydrogens is 358 g/mol. The summed E-state index contributed by atoms with van der Waals surface area (Å²) in [6.45, 7) is 8.83. The van der Waals surface area contributed by atoms with Crippen LogP contribution in [-0.2, 0) is 5.75 Å². The number of aromatic nitrogens is 1. The Hall–Kier alpha value is -1.00. The average Bonchev–Trinajstić information content (AvgIpc) is 2.46. The van der Waals surface area contributed by atoms with Crippen LogP contribution in [0.3, 0.4) is 0 Å². The maximum absolute atomic E-state index is 11.8. The third-order valence-electron chi connectivity index (χ3n) is 3.67. The molecule has 0 aliphatic heterocycles. The van der Waals surface area contributed by atoms with Gasteiger partial charge in [-0.1, -0.05) is 61.5 Å². The first-order valence-corrected chi connectivity index (χ1v) is 9.31.